The number of aromatic nitrogens is 2. The molecule has 1 amide bonds. The number of benzene rings is 1. The van der Waals surface area contributed by atoms with E-state index in [1.54, 1.807) is 29.1 Å². The highest BCUT2D eigenvalue weighted by atomic mass is 19.1. The quantitative estimate of drug-likeness (QED) is 0.916. The number of carbonyl (C=O) groups is 1. The smallest absolute Gasteiger partial charge is 0.265 e. The van der Waals surface area contributed by atoms with Crippen molar-refractivity contribution >= 4 is 11.6 Å². The summed E-state index contributed by atoms with van der Waals surface area (Å²) in [6.45, 7) is 0. The number of hydrogen-bond donors (Lipinski definition) is 1. The van der Waals surface area contributed by atoms with Crippen molar-refractivity contribution < 1.29 is 14.0 Å². The maximum Gasteiger partial charge on any atom is 0.265 e. The highest BCUT2D eigenvalue weighted by Crippen LogP contribution is 2.40. The molecule has 26 heavy (non-hydrogen) atoms. The van der Waals surface area contributed by atoms with Crippen LogP contribution in [0.15, 0.2) is 41.8 Å². The first kappa shape index (κ1) is 16.8. The van der Waals surface area contributed by atoms with Gasteiger partial charge in [-0.25, -0.2) is 4.39 Å². The lowest BCUT2D eigenvalue weighted by atomic mass is 9.87. The molecule has 4 rings (SSSR count). The molecule has 136 valence electrons. The van der Waals surface area contributed by atoms with Crippen LogP contribution in [-0.2, 0) is 22.2 Å². The number of carbonyl (C=O) groups excluding carboxylic acids is 1. The van der Waals surface area contributed by atoms with Crippen molar-refractivity contribution in [1.29, 1.82) is 0 Å². The molecule has 0 spiro atoms. The van der Waals surface area contributed by atoms with Crippen LogP contribution < -0.4 is 5.32 Å². The van der Waals surface area contributed by atoms with E-state index in [4.69, 9.17) is 4.84 Å². The Morgan fingerprint density at radius 2 is 2.12 bits per heavy atom. The van der Waals surface area contributed by atoms with E-state index in [0.717, 1.165) is 31.2 Å². The normalized spacial score (nSPS) is 21.3. The Labute approximate surface area is 151 Å². The van der Waals surface area contributed by atoms with Crippen molar-refractivity contribution in [3.05, 3.63) is 53.6 Å². The lowest BCUT2D eigenvalue weighted by molar-refractivity contribution is -0.133. The number of amides is 1. The van der Waals surface area contributed by atoms with Crippen molar-refractivity contribution in [1.82, 2.24) is 15.1 Å². The van der Waals surface area contributed by atoms with Gasteiger partial charge in [-0.3, -0.25) is 9.48 Å². The molecule has 1 aliphatic carbocycles. The van der Waals surface area contributed by atoms with Crippen LogP contribution in [0.1, 0.15) is 43.2 Å². The topological polar surface area (TPSA) is 68.5 Å². The molecular weight excluding hydrogens is 335 g/mol. The second kappa shape index (κ2) is 6.55. The second-order valence-corrected chi connectivity index (χ2v) is 7.00. The van der Waals surface area contributed by atoms with Gasteiger partial charge in [0.05, 0.1) is 17.4 Å². The van der Waals surface area contributed by atoms with Crippen LogP contribution in [0, 0.1) is 5.82 Å². The lowest BCUT2D eigenvalue weighted by Crippen LogP contribution is -2.48. The average Bonchev–Trinajstić information content (AvgIpc) is 3.35. The molecule has 2 aliphatic rings. The minimum atomic E-state index is -0.700. The molecule has 1 fully saturated rings. The van der Waals surface area contributed by atoms with Gasteiger partial charge >= 0.3 is 0 Å². The zero-order valence-electron chi connectivity index (χ0n) is 14.6. The number of hydrogen-bond acceptors (Lipinski definition) is 4. The van der Waals surface area contributed by atoms with E-state index in [-0.39, 0.29) is 11.7 Å². The minimum Gasteiger partial charge on any atom is -0.382 e. The molecular formula is C19H21FN4O2. The fourth-order valence-electron chi connectivity index (χ4n) is 3.86. The van der Waals surface area contributed by atoms with E-state index >= 15 is 0 Å². The third-order valence-electron chi connectivity index (χ3n) is 5.21. The molecule has 1 unspecified atom stereocenters. The van der Waals surface area contributed by atoms with Crippen molar-refractivity contribution in [2.24, 2.45) is 12.2 Å². The van der Waals surface area contributed by atoms with E-state index in [0.29, 0.717) is 17.7 Å². The molecule has 0 saturated heterocycles. The molecule has 7 heteroatoms. The van der Waals surface area contributed by atoms with E-state index in [1.165, 1.54) is 6.07 Å². The molecule has 1 saturated carbocycles. The zero-order chi connectivity index (χ0) is 18.1. The molecule has 1 aliphatic heterocycles. The summed E-state index contributed by atoms with van der Waals surface area (Å²) in [6.07, 6.45) is 6.57. The second-order valence-electron chi connectivity index (χ2n) is 7.00. The molecule has 2 heterocycles. The Kier molecular flexibility index (Phi) is 4.22. The number of nitrogens with one attached hydrogen (secondary N) is 1. The van der Waals surface area contributed by atoms with Crippen LogP contribution in [0.3, 0.4) is 0 Å². The van der Waals surface area contributed by atoms with Gasteiger partial charge in [-0.05, 0) is 18.9 Å². The lowest BCUT2D eigenvalue weighted by Gasteiger charge is -2.32. The highest BCUT2D eigenvalue weighted by molar-refractivity contribution is 6.03. The van der Waals surface area contributed by atoms with E-state index in [2.05, 4.69) is 15.6 Å². The van der Waals surface area contributed by atoms with Gasteiger partial charge in [0.25, 0.3) is 5.91 Å². The first-order valence-electron chi connectivity index (χ1n) is 8.86. The van der Waals surface area contributed by atoms with Crippen LogP contribution in [0.25, 0.3) is 0 Å². The fourth-order valence-corrected chi connectivity index (χ4v) is 3.86. The first-order valence-corrected chi connectivity index (χ1v) is 8.86. The largest absolute Gasteiger partial charge is 0.382 e. The van der Waals surface area contributed by atoms with Crippen molar-refractivity contribution in [3.8, 4) is 0 Å². The van der Waals surface area contributed by atoms with Crippen LogP contribution >= 0.6 is 0 Å². The molecule has 1 atom stereocenters. The van der Waals surface area contributed by atoms with Crippen LogP contribution in [-0.4, -0.2) is 27.5 Å². The third kappa shape index (κ3) is 2.98. The third-order valence-corrected chi connectivity index (χ3v) is 5.21. The van der Waals surface area contributed by atoms with Crippen LogP contribution in [0.4, 0.5) is 4.39 Å². The SMILES string of the molecule is Cn1cc(C2=NOC(C(=O)NC3(c4ccccc4F)CCCC3)C2)cn1. The van der Waals surface area contributed by atoms with E-state index in [9.17, 15) is 9.18 Å². The summed E-state index contributed by atoms with van der Waals surface area (Å²) >= 11 is 0. The van der Waals surface area contributed by atoms with Crippen molar-refractivity contribution in [3.63, 3.8) is 0 Å². The monoisotopic (exact) mass is 356 g/mol. The maximum atomic E-state index is 14.4. The van der Waals surface area contributed by atoms with Gasteiger partial charge in [-0.2, -0.15) is 5.10 Å². The average molecular weight is 356 g/mol. The Balaban J connectivity index is 1.49. The summed E-state index contributed by atoms with van der Waals surface area (Å²) in [7, 11) is 1.82. The van der Waals surface area contributed by atoms with Crippen LogP contribution in [0.5, 0.6) is 0 Å². The number of oxime groups is 1. The van der Waals surface area contributed by atoms with Gasteiger partial charge in [0.1, 0.15) is 5.82 Å². The predicted octanol–water partition coefficient (Wildman–Crippen LogP) is 2.64. The molecule has 1 N–H and O–H groups in total. The molecule has 1 aromatic heterocycles. The summed E-state index contributed by atoms with van der Waals surface area (Å²) in [6, 6.07) is 6.67. The number of rotatable bonds is 4. The molecule has 2 aromatic rings. The van der Waals surface area contributed by atoms with E-state index in [1.807, 2.05) is 13.2 Å². The van der Waals surface area contributed by atoms with Gasteiger partial charge in [-0.15, -0.1) is 0 Å². The summed E-state index contributed by atoms with van der Waals surface area (Å²) in [4.78, 5) is 18.2. The van der Waals surface area contributed by atoms with Gasteiger partial charge in [0, 0.05) is 30.8 Å². The van der Waals surface area contributed by atoms with Crippen molar-refractivity contribution in [2.75, 3.05) is 0 Å². The number of nitrogens with zero attached hydrogens (tertiary/aromatic N) is 3. The van der Waals surface area contributed by atoms with Gasteiger partial charge in [0.2, 0.25) is 6.10 Å². The molecule has 6 nitrogen and oxygen atoms in total. The summed E-state index contributed by atoms with van der Waals surface area (Å²) < 4.78 is 16.1. The summed E-state index contributed by atoms with van der Waals surface area (Å²) in [5.41, 5.74) is 1.43. The standard InChI is InChI=1S/C19H21FN4O2/c1-24-12-13(11-21-24)16-10-17(26-23-16)18(25)22-19(8-4-5-9-19)14-6-2-3-7-15(14)20/h2-3,6-7,11-12,17H,4-5,8-10H2,1H3,(H,22,25). The Hall–Kier alpha value is -2.70. The van der Waals surface area contributed by atoms with Crippen LogP contribution in [0.2, 0.25) is 0 Å². The summed E-state index contributed by atoms with van der Waals surface area (Å²) in [5.74, 6) is -0.535. The van der Waals surface area contributed by atoms with Gasteiger partial charge < -0.3 is 10.2 Å². The fraction of sp³-hybridized carbons (Fsp3) is 0.421. The first-order chi connectivity index (χ1) is 12.6. The molecule has 0 radical (unpaired) electrons. The number of halogens is 1. The molecule has 1 aromatic carbocycles. The Morgan fingerprint density at radius 1 is 1.35 bits per heavy atom. The van der Waals surface area contributed by atoms with Gasteiger partial charge in [0.15, 0.2) is 0 Å². The van der Waals surface area contributed by atoms with Gasteiger partial charge in [-0.1, -0.05) is 36.2 Å². The Bertz CT molecular complexity index is 855. The highest BCUT2D eigenvalue weighted by Gasteiger charge is 2.41. The molecule has 0 bridgehead atoms. The maximum absolute atomic E-state index is 14.4. The Morgan fingerprint density at radius 3 is 2.81 bits per heavy atom. The minimum absolute atomic E-state index is 0.252. The van der Waals surface area contributed by atoms with E-state index < -0.39 is 11.6 Å². The zero-order valence-corrected chi connectivity index (χ0v) is 14.6. The number of aryl methyl sites for hydroxylation is 1. The van der Waals surface area contributed by atoms with Crippen molar-refractivity contribution in [2.45, 2.75) is 43.7 Å². The summed E-state index contributed by atoms with van der Waals surface area (Å²) in [5, 5.41) is 11.2. The predicted molar refractivity (Wildman–Crippen MR) is 93.9 cm³/mol.